The van der Waals surface area contributed by atoms with E-state index in [2.05, 4.69) is 11.1 Å². The maximum atomic E-state index is 12.2. The Kier molecular flexibility index (Phi) is 2.57. The van der Waals surface area contributed by atoms with E-state index in [4.69, 9.17) is 0 Å². The lowest BCUT2D eigenvalue weighted by Gasteiger charge is -2.10. The highest BCUT2D eigenvalue weighted by Gasteiger charge is 2.06. The summed E-state index contributed by atoms with van der Waals surface area (Å²) < 4.78 is 1.65. The Morgan fingerprint density at radius 2 is 1.48 bits per heavy atom. The van der Waals surface area contributed by atoms with Crippen LogP contribution in [0.25, 0.3) is 27.4 Å². The molecule has 0 saturated carbocycles. The van der Waals surface area contributed by atoms with Gasteiger partial charge in [0.25, 0.3) is 0 Å². The van der Waals surface area contributed by atoms with Crippen LogP contribution in [0.2, 0.25) is 0 Å². The van der Waals surface area contributed by atoms with E-state index in [-0.39, 0.29) is 5.69 Å². The van der Waals surface area contributed by atoms with E-state index in [0.717, 1.165) is 27.4 Å². The maximum Gasteiger partial charge on any atom is 0.352 e. The molecule has 0 atom stereocenters. The number of hydrogen-bond donors (Lipinski definition) is 0. The lowest BCUT2D eigenvalue weighted by molar-refractivity contribution is 0.962. The van der Waals surface area contributed by atoms with Gasteiger partial charge in [0.15, 0.2) is 0 Å². The van der Waals surface area contributed by atoms with Gasteiger partial charge in [-0.2, -0.15) is 0 Å². The molecule has 21 heavy (non-hydrogen) atoms. The monoisotopic (exact) mass is 272 g/mol. The van der Waals surface area contributed by atoms with Crippen molar-refractivity contribution in [2.24, 2.45) is 0 Å². The number of benzene rings is 3. The summed E-state index contributed by atoms with van der Waals surface area (Å²) in [5.41, 5.74) is 1.44. The predicted molar refractivity (Wildman–Crippen MR) is 84.8 cm³/mol. The zero-order chi connectivity index (χ0) is 14.2. The fraction of sp³-hybridized carbons (Fsp3) is 0. The summed E-state index contributed by atoms with van der Waals surface area (Å²) in [4.78, 5) is 16.2. The first kappa shape index (κ1) is 11.9. The van der Waals surface area contributed by atoms with Gasteiger partial charge in [0.05, 0.1) is 11.2 Å². The molecule has 4 rings (SSSR count). The Balaban J connectivity index is 2.08. The molecule has 3 aromatic carbocycles. The van der Waals surface area contributed by atoms with E-state index < -0.39 is 0 Å². The number of nitrogens with zero attached hydrogens (tertiary/aromatic N) is 2. The van der Waals surface area contributed by atoms with E-state index in [1.54, 1.807) is 10.8 Å². The molecule has 0 aliphatic rings. The molecule has 4 aromatic rings. The van der Waals surface area contributed by atoms with Crippen molar-refractivity contribution in [2.45, 2.75) is 0 Å². The van der Waals surface area contributed by atoms with E-state index in [0.29, 0.717) is 0 Å². The van der Waals surface area contributed by atoms with Crippen molar-refractivity contribution < 1.29 is 0 Å². The Bertz CT molecular complexity index is 1020. The molecule has 3 nitrogen and oxygen atoms in total. The van der Waals surface area contributed by atoms with Gasteiger partial charge >= 0.3 is 5.69 Å². The molecule has 0 saturated heterocycles. The minimum absolute atomic E-state index is 0.260. The smallest absolute Gasteiger partial charge is 0.261 e. The molecule has 0 N–H and O–H groups in total. The van der Waals surface area contributed by atoms with Crippen molar-refractivity contribution in [3.63, 3.8) is 0 Å². The molecular weight excluding hydrogens is 260 g/mol. The van der Waals surface area contributed by atoms with Crippen molar-refractivity contribution in [1.29, 1.82) is 0 Å². The largest absolute Gasteiger partial charge is 0.352 e. The number of hydrogen-bond acceptors (Lipinski definition) is 2. The third-order valence-corrected chi connectivity index (χ3v) is 3.67. The van der Waals surface area contributed by atoms with E-state index in [1.165, 1.54) is 0 Å². The van der Waals surface area contributed by atoms with Crippen LogP contribution >= 0.6 is 0 Å². The molecule has 0 spiro atoms. The number of rotatable bonds is 1. The fourth-order valence-electron chi connectivity index (χ4n) is 2.65. The van der Waals surface area contributed by atoms with Gasteiger partial charge < -0.3 is 0 Å². The van der Waals surface area contributed by atoms with Crippen molar-refractivity contribution >= 4 is 21.7 Å². The average Bonchev–Trinajstić information content (AvgIpc) is 2.54. The maximum absolute atomic E-state index is 12.2. The molecule has 100 valence electrons. The van der Waals surface area contributed by atoms with Crippen molar-refractivity contribution in [1.82, 2.24) is 9.55 Å². The summed E-state index contributed by atoms with van der Waals surface area (Å²) in [7, 11) is 0. The van der Waals surface area contributed by atoms with Gasteiger partial charge in [-0.1, -0.05) is 48.5 Å². The minimum atomic E-state index is -0.260. The van der Waals surface area contributed by atoms with E-state index in [9.17, 15) is 4.79 Å². The number of para-hydroxylation sites is 1. The second-order valence-electron chi connectivity index (χ2n) is 4.97. The molecule has 0 amide bonds. The van der Waals surface area contributed by atoms with Crippen LogP contribution in [0.15, 0.2) is 77.7 Å². The summed E-state index contributed by atoms with van der Waals surface area (Å²) in [5, 5.41) is 3.21. The summed E-state index contributed by atoms with van der Waals surface area (Å²) in [6.45, 7) is 0. The van der Waals surface area contributed by atoms with Crippen LogP contribution in [0.1, 0.15) is 0 Å². The first-order valence-corrected chi connectivity index (χ1v) is 6.79. The van der Waals surface area contributed by atoms with Crippen LogP contribution in [-0.2, 0) is 0 Å². The van der Waals surface area contributed by atoms with Gasteiger partial charge in [-0.3, -0.25) is 4.57 Å². The van der Waals surface area contributed by atoms with Crippen LogP contribution in [0, 0.1) is 0 Å². The third-order valence-electron chi connectivity index (χ3n) is 3.67. The molecule has 1 heterocycles. The highest BCUT2D eigenvalue weighted by atomic mass is 16.1. The normalized spacial score (nSPS) is 11.0. The SMILES string of the molecule is O=c1ncc2ccccc2n1-c1ccc2ccccc2c1. The molecule has 0 unspecified atom stereocenters. The first-order valence-electron chi connectivity index (χ1n) is 6.79. The van der Waals surface area contributed by atoms with Gasteiger partial charge in [-0.05, 0) is 29.0 Å². The average molecular weight is 272 g/mol. The molecule has 0 radical (unpaired) electrons. The van der Waals surface area contributed by atoms with Crippen molar-refractivity contribution in [3.05, 3.63) is 83.4 Å². The van der Waals surface area contributed by atoms with Crippen LogP contribution < -0.4 is 5.69 Å². The van der Waals surface area contributed by atoms with Crippen molar-refractivity contribution in [2.75, 3.05) is 0 Å². The van der Waals surface area contributed by atoms with Crippen molar-refractivity contribution in [3.8, 4) is 5.69 Å². The molecular formula is C18H12N2O. The first-order chi connectivity index (χ1) is 10.3. The lowest BCUT2D eigenvalue weighted by atomic mass is 10.1. The van der Waals surface area contributed by atoms with Crippen LogP contribution in [-0.4, -0.2) is 9.55 Å². The molecule has 0 aliphatic heterocycles. The lowest BCUT2D eigenvalue weighted by Crippen LogP contribution is -2.21. The van der Waals surface area contributed by atoms with E-state index in [1.807, 2.05) is 60.7 Å². The predicted octanol–water partition coefficient (Wildman–Crippen LogP) is 3.54. The van der Waals surface area contributed by atoms with Gasteiger partial charge in [0.1, 0.15) is 0 Å². The van der Waals surface area contributed by atoms with Gasteiger partial charge in [0.2, 0.25) is 0 Å². The summed E-state index contributed by atoms with van der Waals surface area (Å²) in [6, 6.07) is 21.9. The summed E-state index contributed by atoms with van der Waals surface area (Å²) >= 11 is 0. The third kappa shape index (κ3) is 1.91. The Morgan fingerprint density at radius 1 is 0.762 bits per heavy atom. The van der Waals surface area contributed by atoms with Crippen LogP contribution in [0.4, 0.5) is 0 Å². The van der Waals surface area contributed by atoms with E-state index >= 15 is 0 Å². The van der Waals surface area contributed by atoms with Gasteiger partial charge in [-0.15, -0.1) is 0 Å². The van der Waals surface area contributed by atoms with Crippen LogP contribution in [0.5, 0.6) is 0 Å². The molecule has 1 aromatic heterocycles. The topological polar surface area (TPSA) is 34.9 Å². The van der Waals surface area contributed by atoms with Gasteiger partial charge in [0, 0.05) is 11.6 Å². The molecule has 0 fully saturated rings. The zero-order valence-electron chi connectivity index (χ0n) is 11.2. The molecule has 3 heteroatoms. The second-order valence-corrected chi connectivity index (χ2v) is 4.97. The highest BCUT2D eigenvalue weighted by molar-refractivity contribution is 5.86. The standard InChI is InChI=1S/C18H12N2O/c21-18-19-12-15-7-3-4-8-17(15)20(18)16-10-9-13-5-1-2-6-14(13)11-16/h1-12H. The molecule has 0 aliphatic carbocycles. The fourth-order valence-corrected chi connectivity index (χ4v) is 2.65. The zero-order valence-corrected chi connectivity index (χ0v) is 11.2. The molecule has 0 bridgehead atoms. The van der Waals surface area contributed by atoms with Gasteiger partial charge in [-0.25, -0.2) is 9.78 Å². The Morgan fingerprint density at radius 3 is 2.33 bits per heavy atom. The number of fused-ring (bicyclic) bond motifs is 2. The second kappa shape index (κ2) is 4.56. The summed E-state index contributed by atoms with van der Waals surface area (Å²) in [5.74, 6) is 0. The minimum Gasteiger partial charge on any atom is -0.261 e. The quantitative estimate of drug-likeness (QED) is 0.531. The highest BCUT2D eigenvalue weighted by Crippen LogP contribution is 2.20. The Hall–Kier alpha value is -2.94. The summed E-state index contributed by atoms with van der Waals surface area (Å²) in [6.07, 6.45) is 1.62. The Labute approximate surface area is 121 Å². The van der Waals surface area contributed by atoms with Crippen LogP contribution in [0.3, 0.4) is 0 Å². The number of aromatic nitrogens is 2.